The Morgan fingerprint density at radius 3 is 2.54 bits per heavy atom. The molecule has 0 unspecified atom stereocenters. The predicted molar refractivity (Wildman–Crippen MR) is 89.6 cm³/mol. The maximum atomic E-state index is 11.9. The monoisotopic (exact) mass is 369 g/mol. The summed E-state index contributed by atoms with van der Waals surface area (Å²) < 4.78 is 10.3. The molecule has 2 rings (SSSR count). The summed E-state index contributed by atoms with van der Waals surface area (Å²) in [5.74, 6) is -0.0927. The summed E-state index contributed by atoms with van der Waals surface area (Å²) in [6.45, 7) is -0.134. The fourth-order valence-corrected chi connectivity index (χ4v) is 2.34. The molecule has 0 aliphatic rings. The second kappa shape index (κ2) is 7.99. The van der Waals surface area contributed by atoms with Gasteiger partial charge in [0.05, 0.1) is 28.5 Å². The third kappa shape index (κ3) is 4.59. The Labute approximate surface area is 148 Å². The number of carbonyl (C=O) groups excluding carboxylic acids is 1. The molecule has 6 nitrogen and oxygen atoms in total. The SMILES string of the molecule is COc1ccc([N+](=O)[O-])cc1COC(=O)Cc1ccc(Cl)c(Cl)c1. The molecule has 0 aromatic heterocycles. The molecule has 0 aliphatic carbocycles. The normalized spacial score (nSPS) is 10.3. The van der Waals surface area contributed by atoms with Gasteiger partial charge >= 0.3 is 5.97 Å². The summed E-state index contributed by atoms with van der Waals surface area (Å²) in [5.41, 5.74) is 0.959. The Bertz CT molecular complexity index is 779. The van der Waals surface area contributed by atoms with Crippen LogP contribution in [-0.4, -0.2) is 18.0 Å². The summed E-state index contributed by atoms with van der Waals surface area (Å²) in [6.07, 6.45) is 0.00807. The van der Waals surface area contributed by atoms with Crippen LogP contribution in [-0.2, 0) is 22.6 Å². The molecule has 0 saturated carbocycles. The molecule has 8 heteroatoms. The van der Waals surface area contributed by atoms with Crippen LogP contribution in [0.1, 0.15) is 11.1 Å². The fraction of sp³-hybridized carbons (Fsp3) is 0.188. The molecule has 0 amide bonds. The van der Waals surface area contributed by atoms with E-state index in [1.54, 1.807) is 18.2 Å². The third-order valence-corrected chi connectivity index (χ3v) is 3.93. The standard InChI is InChI=1S/C16H13Cl2NO5/c1-23-15-5-3-12(19(21)22)8-11(15)9-24-16(20)7-10-2-4-13(17)14(18)6-10/h2-6,8H,7,9H2,1H3. The first-order chi connectivity index (χ1) is 11.4. The third-order valence-electron chi connectivity index (χ3n) is 3.20. The van der Waals surface area contributed by atoms with Gasteiger partial charge in [0.1, 0.15) is 12.4 Å². The quantitative estimate of drug-likeness (QED) is 0.433. The van der Waals surface area contributed by atoms with E-state index in [9.17, 15) is 14.9 Å². The Balaban J connectivity index is 2.04. The van der Waals surface area contributed by atoms with E-state index in [4.69, 9.17) is 32.7 Å². The molecule has 0 atom stereocenters. The van der Waals surface area contributed by atoms with Gasteiger partial charge < -0.3 is 9.47 Å². The maximum absolute atomic E-state index is 11.9. The zero-order valence-electron chi connectivity index (χ0n) is 12.6. The molecular weight excluding hydrogens is 357 g/mol. The minimum absolute atomic E-state index is 0.00807. The maximum Gasteiger partial charge on any atom is 0.310 e. The molecule has 0 fully saturated rings. The van der Waals surface area contributed by atoms with E-state index in [2.05, 4.69) is 0 Å². The summed E-state index contributed by atoms with van der Waals surface area (Å²) in [6, 6.07) is 8.93. The molecule has 0 bridgehead atoms. The van der Waals surface area contributed by atoms with Gasteiger partial charge in [-0.1, -0.05) is 29.3 Å². The van der Waals surface area contributed by atoms with Crippen molar-refractivity contribution in [3.05, 3.63) is 67.7 Å². The zero-order valence-corrected chi connectivity index (χ0v) is 14.1. The summed E-state index contributed by atoms with van der Waals surface area (Å²) in [5, 5.41) is 11.6. The van der Waals surface area contributed by atoms with Crippen molar-refractivity contribution in [1.82, 2.24) is 0 Å². The molecule has 0 heterocycles. The molecule has 0 aliphatic heterocycles. The van der Waals surface area contributed by atoms with E-state index in [1.165, 1.54) is 25.3 Å². The first-order valence-corrected chi connectivity index (χ1v) is 7.57. The van der Waals surface area contributed by atoms with E-state index < -0.39 is 10.9 Å². The Hall–Kier alpha value is -2.31. The number of hydrogen-bond donors (Lipinski definition) is 0. The number of rotatable bonds is 6. The number of hydrogen-bond acceptors (Lipinski definition) is 5. The number of nitro benzene ring substituents is 1. The van der Waals surface area contributed by atoms with E-state index in [0.717, 1.165) is 0 Å². The van der Waals surface area contributed by atoms with Gasteiger partial charge in [0, 0.05) is 17.7 Å². The number of esters is 1. The number of nitro groups is 1. The summed E-state index contributed by atoms with van der Waals surface area (Å²) in [4.78, 5) is 22.2. The second-order valence-electron chi connectivity index (χ2n) is 4.84. The molecule has 24 heavy (non-hydrogen) atoms. The van der Waals surface area contributed by atoms with Crippen molar-refractivity contribution < 1.29 is 19.2 Å². The molecule has 0 saturated heterocycles. The minimum Gasteiger partial charge on any atom is -0.496 e. The number of carbonyl (C=O) groups is 1. The van der Waals surface area contributed by atoms with Crippen LogP contribution in [0.3, 0.4) is 0 Å². The number of nitrogens with zero attached hydrogens (tertiary/aromatic N) is 1. The van der Waals surface area contributed by atoms with Crippen molar-refractivity contribution in [3.8, 4) is 5.75 Å². The van der Waals surface area contributed by atoms with Gasteiger partial charge in [-0.05, 0) is 23.8 Å². The Morgan fingerprint density at radius 1 is 1.17 bits per heavy atom. The average Bonchev–Trinajstić information content (AvgIpc) is 2.56. The van der Waals surface area contributed by atoms with Crippen molar-refractivity contribution >= 4 is 34.9 Å². The van der Waals surface area contributed by atoms with Gasteiger partial charge in [-0.2, -0.15) is 0 Å². The largest absolute Gasteiger partial charge is 0.496 e. The van der Waals surface area contributed by atoms with Crippen LogP contribution < -0.4 is 4.74 Å². The van der Waals surface area contributed by atoms with Crippen LogP contribution in [0.5, 0.6) is 5.75 Å². The summed E-state index contributed by atoms with van der Waals surface area (Å²) in [7, 11) is 1.43. The van der Waals surface area contributed by atoms with Gasteiger partial charge in [-0.3, -0.25) is 14.9 Å². The molecule has 0 spiro atoms. The number of halogens is 2. The van der Waals surface area contributed by atoms with Crippen molar-refractivity contribution in [2.45, 2.75) is 13.0 Å². The molecule has 0 radical (unpaired) electrons. The number of non-ortho nitro benzene ring substituents is 1. The van der Waals surface area contributed by atoms with E-state index in [0.29, 0.717) is 26.9 Å². The van der Waals surface area contributed by atoms with Gasteiger partial charge in [-0.15, -0.1) is 0 Å². The van der Waals surface area contributed by atoms with Crippen LogP contribution in [0.25, 0.3) is 0 Å². The highest BCUT2D eigenvalue weighted by molar-refractivity contribution is 6.42. The zero-order chi connectivity index (χ0) is 17.7. The lowest BCUT2D eigenvalue weighted by Gasteiger charge is -2.09. The minimum atomic E-state index is -0.527. The van der Waals surface area contributed by atoms with Crippen molar-refractivity contribution in [3.63, 3.8) is 0 Å². The highest BCUT2D eigenvalue weighted by atomic mass is 35.5. The van der Waals surface area contributed by atoms with Crippen molar-refractivity contribution in [2.24, 2.45) is 0 Å². The van der Waals surface area contributed by atoms with Crippen LogP contribution in [0, 0.1) is 10.1 Å². The highest BCUT2D eigenvalue weighted by Crippen LogP contribution is 2.25. The first kappa shape index (κ1) is 18.0. The smallest absolute Gasteiger partial charge is 0.310 e. The lowest BCUT2D eigenvalue weighted by atomic mass is 10.1. The molecular formula is C16H13Cl2NO5. The van der Waals surface area contributed by atoms with Crippen molar-refractivity contribution in [1.29, 1.82) is 0 Å². The van der Waals surface area contributed by atoms with Gasteiger partial charge in [0.15, 0.2) is 0 Å². The van der Waals surface area contributed by atoms with Crippen molar-refractivity contribution in [2.75, 3.05) is 7.11 Å². The Morgan fingerprint density at radius 2 is 1.92 bits per heavy atom. The highest BCUT2D eigenvalue weighted by Gasteiger charge is 2.14. The molecule has 0 N–H and O–H groups in total. The average molecular weight is 370 g/mol. The molecule has 2 aromatic rings. The lowest BCUT2D eigenvalue weighted by molar-refractivity contribution is -0.385. The van der Waals surface area contributed by atoms with E-state index in [1.807, 2.05) is 0 Å². The van der Waals surface area contributed by atoms with Crippen LogP contribution in [0.4, 0.5) is 5.69 Å². The first-order valence-electron chi connectivity index (χ1n) is 6.81. The van der Waals surface area contributed by atoms with Gasteiger partial charge in [0.25, 0.3) is 5.69 Å². The number of methoxy groups -OCH3 is 1. The predicted octanol–water partition coefficient (Wildman–Crippen LogP) is 4.20. The fourth-order valence-electron chi connectivity index (χ4n) is 2.02. The summed E-state index contributed by atoms with van der Waals surface area (Å²) >= 11 is 11.7. The van der Waals surface area contributed by atoms with Gasteiger partial charge in [-0.25, -0.2) is 0 Å². The van der Waals surface area contributed by atoms with Crippen LogP contribution in [0.2, 0.25) is 10.0 Å². The topological polar surface area (TPSA) is 78.7 Å². The van der Waals surface area contributed by atoms with Crippen LogP contribution in [0.15, 0.2) is 36.4 Å². The van der Waals surface area contributed by atoms with E-state index >= 15 is 0 Å². The number of benzene rings is 2. The lowest BCUT2D eigenvalue weighted by Crippen LogP contribution is -2.09. The number of ether oxygens (including phenoxy) is 2. The molecule has 2 aromatic carbocycles. The van der Waals surface area contributed by atoms with E-state index in [-0.39, 0.29) is 18.7 Å². The second-order valence-corrected chi connectivity index (χ2v) is 5.65. The van der Waals surface area contributed by atoms with Gasteiger partial charge in [0.2, 0.25) is 0 Å². The van der Waals surface area contributed by atoms with Crippen LogP contribution >= 0.6 is 23.2 Å². The molecule has 126 valence electrons. The Kier molecular flexibility index (Phi) is 6.00.